The average Bonchev–Trinajstić information content (AvgIpc) is 2.72. The second kappa shape index (κ2) is 5.57. The first-order chi connectivity index (χ1) is 8.19. The van der Waals surface area contributed by atoms with Crippen LogP contribution < -0.4 is 0 Å². The van der Waals surface area contributed by atoms with Crippen LogP contribution in [0.2, 0.25) is 0 Å². The summed E-state index contributed by atoms with van der Waals surface area (Å²) < 4.78 is 28.0. The van der Waals surface area contributed by atoms with Gasteiger partial charge in [0.05, 0.1) is 17.6 Å². The van der Waals surface area contributed by atoms with Crippen LogP contribution in [-0.4, -0.2) is 56.0 Å². The highest BCUT2D eigenvalue weighted by Gasteiger charge is 2.34. The zero-order valence-electron chi connectivity index (χ0n) is 11.6. The lowest BCUT2D eigenvalue weighted by Crippen LogP contribution is -2.41. The third-order valence-corrected chi connectivity index (χ3v) is 6.00. The van der Waals surface area contributed by atoms with Crippen LogP contribution in [0.25, 0.3) is 0 Å². The van der Waals surface area contributed by atoms with Crippen molar-refractivity contribution in [3.8, 4) is 0 Å². The fraction of sp³-hybridized carbons (Fsp3) is 0.917. The molecule has 0 radical (unpaired) electrons. The summed E-state index contributed by atoms with van der Waals surface area (Å²) in [6.45, 7) is 6.26. The Balaban J connectivity index is 2.61. The highest BCUT2D eigenvalue weighted by Crippen LogP contribution is 2.20. The van der Waals surface area contributed by atoms with Gasteiger partial charge in [0.1, 0.15) is 6.04 Å². The average molecular weight is 277 g/mol. The molecule has 1 aliphatic rings. The maximum Gasteiger partial charge on any atom is 0.323 e. The zero-order valence-corrected chi connectivity index (χ0v) is 12.4. The summed E-state index contributed by atoms with van der Waals surface area (Å²) in [7, 11) is -1.77. The highest BCUT2D eigenvalue weighted by molar-refractivity contribution is 7.92. The van der Waals surface area contributed by atoms with Crippen LogP contribution in [0.1, 0.15) is 33.6 Å². The third-order valence-electron chi connectivity index (χ3n) is 3.42. The van der Waals surface area contributed by atoms with E-state index in [1.165, 1.54) is 7.11 Å². The van der Waals surface area contributed by atoms with Crippen molar-refractivity contribution in [1.82, 2.24) is 4.90 Å². The number of ether oxygens (including phenoxy) is 1. The van der Waals surface area contributed by atoms with Crippen LogP contribution in [0.5, 0.6) is 0 Å². The van der Waals surface area contributed by atoms with Crippen molar-refractivity contribution >= 4 is 15.8 Å². The number of hydrogen-bond acceptors (Lipinski definition) is 5. The molecule has 1 fully saturated rings. The van der Waals surface area contributed by atoms with Crippen molar-refractivity contribution in [2.45, 2.75) is 44.4 Å². The summed E-state index contributed by atoms with van der Waals surface area (Å²) in [4.78, 5) is 13.4. The van der Waals surface area contributed by atoms with Crippen LogP contribution in [-0.2, 0) is 19.4 Å². The fourth-order valence-corrected chi connectivity index (χ4v) is 3.13. The molecule has 1 atom stereocenters. The Morgan fingerprint density at radius 3 is 2.50 bits per heavy atom. The van der Waals surface area contributed by atoms with Gasteiger partial charge in [0.15, 0.2) is 9.84 Å². The first-order valence-electron chi connectivity index (χ1n) is 6.23. The summed E-state index contributed by atoms with van der Waals surface area (Å²) in [6, 6.07) is -0.273. The molecule has 0 aromatic rings. The molecule has 1 aliphatic heterocycles. The number of rotatable bonds is 4. The van der Waals surface area contributed by atoms with Crippen LogP contribution in [0.4, 0.5) is 0 Å². The van der Waals surface area contributed by atoms with E-state index in [0.29, 0.717) is 6.54 Å². The SMILES string of the molecule is COC(=O)C1CCCN1CCS(=O)(=O)C(C)(C)C. The molecule has 0 spiro atoms. The Morgan fingerprint density at radius 2 is 2.00 bits per heavy atom. The van der Waals surface area contributed by atoms with Gasteiger partial charge in [-0.25, -0.2) is 8.42 Å². The van der Waals surface area contributed by atoms with Crippen molar-refractivity contribution in [2.75, 3.05) is 26.0 Å². The topological polar surface area (TPSA) is 63.7 Å². The van der Waals surface area contributed by atoms with Gasteiger partial charge < -0.3 is 4.74 Å². The molecule has 0 aromatic carbocycles. The standard InChI is InChI=1S/C12H23NO4S/c1-12(2,3)18(15,16)9-8-13-7-5-6-10(13)11(14)17-4/h10H,5-9H2,1-4H3. The number of methoxy groups -OCH3 is 1. The summed E-state index contributed by atoms with van der Waals surface area (Å²) in [5.74, 6) is -0.176. The van der Waals surface area contributed by atoms with Gasteiger partial charge in [0.2, 0.25) is 0 Å². The number of likely N-dealkylation sites (tertiary alicyclic amines) is 1. The minimum Gasteiger partial charge on any atom is -0.468 e. The summed E-state index contributed by atoms with van der Waals surface area (Å²) in [5.41, 5.74) is 0. The number of hydrogen-bond donors (Lipinski definition) is 0. The van der Waals surface area contributed by atoms with Gasteiger partial charge in [-0.2, -0.15) is 0 Å². The van der Waals surface area contributed by atoms with Gasteiger partial charge in [-0.15, -0.1) is 0 Å². The number of carbonyl (C=O) groups is 1. The van der Waals surface area contributed by atoms with E-state index >= 15 is 0 Å². The van der Waals surface area contributed by atoms with E-state index in [1.54, 1.807) is 20.8 Å². The molecule has 5 nitrogen and oxygen atoms in total. The van der Waals surface area contributed by atoms with Gasteiger partial charge in [0, 0.05) is 6.54 Å². The highest BCUT2D eigenvalue weighted by atomic mass is 32.2. The minimum absolute atomic E-state index is 0.0873. The van der Waals surface area contributed by atoms with Crippen molar-refractivity contribution in [3.05, 3.63) is 0 Å². The molecule has 0 amide bonds. The molecule has 1 unspecified atom stereocenters. The molecule has 0 aliphatic carbocycles. The Labute approximate surface area is 109 Å². The second-order valence-electron chi connectivity index (χ2n) is 5.65. The minimum atomic E-state index is -3.13. The predicted octanol–water partition coefficient (Wildman–Crippen LogP) is 0.837. The predicted molar refractivity (Wildman–Crippen MR) is 70.2 cm³/mol. The van der Waals surface area contributed by atoms with E-state index in [-0.39, 0.29) is 17.8 Å². The van der Waals surface area contributed by atoms with Gasteiger partial charge in [0.25, 0.3) is 0 Å². The Bertz CT molecular complexity index is 397. The summed E-state index contributed by atoms with van der Waals surface area (Å²) in [5, 5.41) is 0. The Morgan fingerprint density at radius 1 is 1.39 bits per heavy atom. The van der Waals surface area contributed by atoms with Gasteiger partial charge in [-0.3, -0.25) is 9.69 Å². The molecule has 1 heterocycles. The Hall–Kier alpha value is -0.620. The Kier molecular flexibility index (Phi) is 4.78. The molecule has 0 saturated carbocycles. The number of sulfone groups is 1. The van der Waals surface area contributed by atoms with Crippen LogP contribution in [0.15, 0.2) is 0 Å². The van der Waals surface area contributed by atoms with Crippen molar-refractivity contribution in [3.63, 3.8) is 0 Å². The lowest BCUT2D eigenvalue weighted by Gasteiger charge is -2.25. The largest absolute Gasteiger partial charge is 0.468 e. The van der Waals surface area contributed by atoms with Crippen molar-refractivity contribution in [2.24, 2.45) is 0 Å². The smallest absolute Gasteiger partial charge is 0.323 e. The van der Waals surface area contributed by atoms with Crippen LogP contribution >= 0.6 is 0 Å². The van der Waals surface area contributed by atoms with Gasteiger partial charge >= 0.3 is 5.97 Å². The fourth-order valence-electron chi connectivity index (χ4n) is 2.04. The molecule has 1 rings (SSSR count). The number of nitrogens with zero attached hydrogens (tertiary/aromatic N) is 1. The molecule has 0 N–H and O–H groups in total. The molecule has 1 saturated heterocycles. The van der Waals surface area contributed by atoms with E-state index in [9.17, 15) is 13.2 Å². The first-order valence-corrected chi connectivity index (χ1v) is 7.88. The molecular formula is C12H23NO4S. The molecule has 6 heteroatoms. The van der Waals surface area contributed by atoms with E-state index < -0.39 is 14.6 Å². The normalized spacial score (nSPS) is 22.1. The summed E-state index contributed by atoms with van der Waals surface area (Å²) >= 11 is 0. The van der Waals surface area contributed by atoms with Crippen LogP contribution in [0, 0.1) is 0 Å². The van der Waals surface area contributed by atoms with Crippen LogP contribution in [0.3, 0.4) is 0 Å². The third kappa shape index (κ3) is 3.45. The van der Waals surface area contributed by atoms with Gasteiger partial charge in [-0.05, 0) is 40.2 Å². The maximum atomic E-state index is 12.0. The quantitative estimate of drug-likeness (QED) is 0.712. The second-order valence-corrected chi connectivity index (χ2v) is 8.51. The van der Waals surface area contributed by atoms with Gasteiger partial charge in [-0.1, -0.05) is 0 Å². The van der Waals surface area contributed by atoms with Crippen molar-refractivity contribution < 1.29 is 17.9 Å². The molecule has 0 aromatic heterocycles. The van der Waals surface area contributed by atoms with Crippen molar-refractivity contribution in [1.29, 1.82) is 0 Å². The van der Waals surface area contributed by atoms with E-state index in [1.807, 2.05) is 4.90 Å². The zero-order chi connectivity index (χ0) is 14.0. The molecular weight excluding hydrogens is 254 g/mol. The molecule has 0 bridgehead atoms. The van der Waals surface area contributed by atoms with E-state index in [4.69, 9.17) is 4.74 Å². The maximum absolute atomic E-state index is 12.0. The lowest BCUT2D eigenvalue weighted by molar-refractivity contribution is -0.145. The monoisotopic (exact) mass is 277 g/mol. The number of esters is 1. The molecule has 106 valence electrons. The first kappa shape index (κ1) is 15.4. The number of carbonyl (C=O) groups excluding carboxylic acids is 1. The molecule has 18 heavy (non-hydrogen) atoms. The summed E-state index contributed by atoms with van der Waals surface area (Å²) in [6.07, 6.45) is 1.66. The van der Waals surface area contributed by atoms with E-state index in [2.05, 4.69) is 0 Å². The van der Waals surface area contributed by atoms with E-state index in [0.717, 1.165) is 19.4 Å². The lowest BCUT2D eigenvalue weighted by atomic mass is 10.2.